The molecule has 0 aliphatic rings. The van der Waals surface area contributed by atoms with Gasteiger partial charge >= 0.3 is 0 Å². The number of hydrogen-bond acceptors (Lipinski definition) is 2. The Balaban J connectivity index is 1.76. The van der Waals surface area contributed by atoms with Crippen LogP contribution in [0.1, 0.15) is 9.60 Å². The quantitative estimate of drug-likeness (QED) is 0.382. The van der Waals surface area contributed by atoms with Crippen molar-refractivity contribution >= 4 is 33.3 Å². The van der Waals surface area contributed by atoms with E-state index in [-0.39, 0.29) is 57.8 Å². The zero-order chi connectivity index (χ0) is 23.4. The Morgan fingerprint density at radius 2 is 1.54 bits per heavy atom. The third-order valence-corrected chi connectivity index (χ3v) is 4.18. The molecule has 0 atom stereocenters. The Kier molecular flexibility index (Phi) is 2.17. The fraction of sp³-hybridized carbons (Fsp3) is 0. The summed E-state index contributed by atoms with van der Waals surface area (Å²) < 4.78 is 63.4. The molecule has 0 saturated heterocycles. The maximum atomic E-state index is 8.45. The summed E-state index contributed by atoms with van der Waals surface area (Å²) in [7, 11) is 0. The summed E-state index contributed by atoms with van der Waals surface area (Å²) in [5.41, 5.74) is 2.65. The minimum Gasteiger partial charge on any atom is -0.454 e. The van der Waals surface area contributed by atoms with Gasteiger partial charge in [-0.05, 0) is 35.3 Å². The zero-order valence-corrected chi connectivity index (χ0v) is 13.6. The van der Waals surface area contributed by atoms with Crippen molar-refractivity contribution in [2.24, 2.45) is 0 Å². The van der Waals surface area contributed by atoms with Crippen LogP contribution in [0.15, 0.2) is 101 Å². The molecule has 0 radical (unpaired) electrons. The highest BCUT2D eigenvalue weighted by atomic mass is 16.3. The van der Waals surface area contributed by atoms with E-state index in [9.17, 15) is 0 Å². The van der Waals surface area contributed by atoms with Crippen molar-refractivity contribution in [3.63, 3.8) is 0 Å². The Morgan fingerprint density at radius 1 is 0.731 bits per heavy atom. The molecule has 1 aromatic heterocycles. The maximum absolute atomic E-state index is 8.45. The molecule has 0 amide bonds. The third kappa shape index (κ3) is 2.52. The highest BCUT2D eigenvalue weighted by Gasteiger charge is 2.10. The first-order valence-corrected chi connectivity index (χ1v) is 8.14. The summed E-state index contributed by atoms with van der Waals surface area (Å²) in [6.45, 7) is 0. The van der Waals surface area contributed by atoms with Crippen LogP contribution in [-0.4, -0.2) is 0 Å². The number of anilines is 2. The predicted octanol–water partition coefficient (Wildman–Crippen LogP) is 7.00. The average Bonchev–Trinajstić information content (AvgIpc) is 3.24. The molecule has 0 aliphatic heterocycles. The van der Waals surface area contributed by atoms with E-state index in [1.165, 1.54) is 0 Å². The topological polar surface area (TPSA) is 25.2 Å². The number of nitrogens with one attached hydrogen (secondary N) is 1. The van der Waals surface area contributed by atoms with E-state index in [1.54, 1.807) is 6.07 Å². The van der Waals surface area contributed by atoms with Crippen molar-refractivity contribution in [1.82, 2.24) is 0 Å². The van der Waals surface area contributed by atoms with Crippen molar-refractivity contribution in [1.29, 1.82) is 0 Å². The SMILES string of the molecule is [2H]c1c([2H])c([2H])c2c(oc3c(Nc4cccc(-c5ccccc5)c4)c([2H])c([2H])c([2H])c32)c1[2H]. The molecular weight excluding hydrogens is 318 g/mol. The lowest BCUT2D eigenvalue weighted by Gasteiger charge is -2.09. The normalized spacial score (nSPS) is 14.8. The van der Waals surface area contributed by atoms with Crippen LogP contribution in [0.2, 0.25) is 0 Å². The number of rotatable bonds is 3. The van der Waals surface area contributed by atoms with E-state index in [4.69, 9.17) is 14.0 Å². The number of fused-ring (bicyclic) bond motifs is 3. The molecule has 124 valence electrons. The van der Waals surface area contributed by atoms with Crippen molar-refractivity contribution in [3.05, 3.63) is 96.9 Å². The second-order valence-corrected chi connectivity index (χ2v) is 5.83. The number of para-hydroxylation sites is 2. The first kappa shape index (κ1) is 9.25. The van der Waals surface area contributed by atoms with Crippen molar-refractivity contribution in [2.45, 2.75) is 0 Å². The molecule has 5 rings (SSSR count). The van der Waals surface area contributed by atoms with Gasteiger partial charge in [-0.3, -0.25) is 0 Å². The van der Waals surface area contributed by atoms with E-state index in [1.807, 2.05) is 48.5 Å². The van der Waals surface area contributed by atoms with Gasteiger partial charge < -0.3 is 9.73 Å². The van der Waals surface area contributed by atoms with Crippen LogP contribution < -0.4 is 5.32 Å². The third-order valence-electron chi connectivity index (χ3n) is 4.18. The van der Waals surface area contributed by atoms with Crippen LogP contribution in [0.4, 0.5) is 11.4 Å². The van der Waals surface area contributed by atoms with Crippen molar-refractivity contribution in [2.75, 3.05) is 5.32 Å². The summed E-state index contributed by atoms with van der Waals surface area (Å²) in [4.78, 5) is 0. The minimum absolute atomic E-state index is 0.0376. The highest BCUT2D eigenvalue weighted by molar-refractivity contribution is 6.09. The highest BCUT2D eigenvalue weighted by Crippen LogP contribution is 2.35. The summed E-state index contributed by atoms with van der Waals surface area (Å²) in [6.07, 6.45) is 0. The molecule has 0 unspecified atom stereocenters. The molecule has 1 heterocycles. The number of furan rings is 1. The van der Waals surface area contributed by atoms with Crippen LogP contribution in [0.25, 0.3) is 33.1 Å². The maximum Gasteiger partial charge on any atom is 0.158 e. The molecular formula is C24H17NO. The largest absolute Gasteiger partial charge is 0.454 e. The van der Waals surface area contributed by atoms with Gasteiger partial charge in [0.05, 0.1) is 15.3 Å². The fourth-order valence-electron chi connectivity index (χ4n) is 2.97. The second kappa shape index (κ2) is 6.08. The molecule has 2 heteroatoms. The first-order valence-electron chi connectivity index (χ1n) is 11.6. The van der Waals surface area contributed by atoms with E-state index >= 15 is 0 Å². The monoisotopic (exact) mass is 342 g/mol. The van der Waals surface area contributed by atoms with E-state index in [0.29, 0.717) is 5.69 Å². The van der Waals surface area contributed by atoms with Crippen LogP contribution in [0.3, 0.4) is 0 Å². The molecule has 1 N–H and O–H groups in total. The molecule has 0 spiro atoms. The molecule has 26 heavy (non-hydrogen) atoms. The summed E-state index contributed by atoms with van der Waals surface area (Å²) in [5.74, 6) is 0. The lowest BCUT2D eigenvalue weighted by atomic mass is 10.1. The first-order chi connectivity index (χ1) is 15.8. The lowest BCUT2D eigenvalue weighted by molar-refractivity contribution is 0.670. The van der Waals surface area contributed by atoms with E-state index < -0.39 is 12.1 Å². The van der Waals surface area contributed by atoms with Crippen LogP contribution >= 0.6 is 0 Å². The summed E-state index contributed by atoms with van der Waals surface area (Å²) in [6, 6.07) is 14.7. The van der Waals surface area contributed by atoms with Gasteiger partial charge in [-0.25, -0.2) is 0 Å². The van der Waals surface area contributed by atoms with E-state index in [0.717, 1.165) is 11.1 Å². The molecule has 0 fully saturated rings. The molecule has 0 bridgehead atoms. The molecule has 4 aromatic carbocycles. The van der Waals surface area contributed by atoms with Crippen molar-refractivity contribution < 1.29 is 14.0 Å². The van der Waals surface area contributed by atoms with Gasteiger partial charge in [0.1, 0.15) is 5.58 Å². The van der Waals surface area contributed by atoms with Gasteiger partial charge in [0.25, 0.3) is 0 Å². The smallest absolute Gasteiger partial charge is 0.158 e. The number of hydrogen-bond donors (Lipinski definition) is 1. The Labute approximate surface area is 161 Å². The molecule has 5 aromatic rings. The molecule has 0 aliphatic carbocycles. The zero-order valence-electron chi connectivity index (χ0n) is 20.6. The predicted molar refractivity (Wildman–Crippen MR) is 109 cm³/mol. The van der Waals surface area contributed by atoms with Gasteiger partial charge in [0.2, 0.25) is 0 Å². The van der Waals surface area contributed by atoms with Crippen LogP contribution in [0.5, 0.6) is 0 Å². The minimum atomic E-state index is -0.444. The standard InChI is InChI=1S/C24H17NO/c1-2-8-17(9-3-1)18-10-6-11-19(16-18)25-22-14-7-13-21-20-12-4-5-15-23(20)26-24(21)22/h1-16,25H/i4D,5D,7D,12D,13D,14D,15D. The Bertz CT molecular complexity index is 1560. The Hall–Kier alpha value is -3.52. The van der Waals surface area contributed by atoms with Gasteiger partial charge in [-0.15, -0.1) is 0 Å². The van der Waals surface area contributed by atoms with Gasteiger partial charge in [0.15, 0.2) is 5.58 Å². The van der Waals surface area contributed by atoms with Gasteiger partial charge in [-0.1, -0.05) is 72.7 Å². The Morgan fingerprint density at radius 3 is 2.46 bits per heavy atom. The fourth-order valence-corrected chi connectivity index (χ4v) is 2.97. The second-order valence-electron chi connectivity index (χ2n) is 5.83. The van der Waals surface area contributed by atoms with Crippen LogP contribution in [-0.2, 0) is 0 Å². The van der Waals surface area contributed by atoms with Crippen LogP contribution in [0, 0.1) is 0 Å². The van der Waals surface area contributed by atoms with Gasteiger partial charge in [-0.2, -0.15) is 0 Å². The molecule has 2 nitrogen and oxygen atoms in total. The molecule has 0 saturated carbocycles. The van der Waals surface area contributed by atoms with Gasteiger partial charge in [0, 0.05) is 16.5 Å². The summed E-state index contributed by atoms with van der Waals surface area (Å²) in [5, 5.41) is 3.24. The van der Waals surface area contributed by atoms with E-state index in [2.05, 4.69) is 5.32 Å². The van der Waals surface area contributed by atoms with Crippen molar-refractivity contribution in [3.8, 4) is 11.1 Å². The summed E-state index contributed by atoms with van der Waals surface area (Å²) >= 11 is 0. The number of benzene rings is 4. The lowest BCUT2D eigenvalue weighted by Crippen LogP contribution is -1.91. The average molecular weight is 342 g/mol.